The third-order valence-electron chi connectivity index (χ3n) is 3.31. The van der Waals surface area contributed by atoms with Gasteiger partial charge in [-0.05, 0) is 19.3 Å². The first kappa shape index (κ1) is 14.0. The van der Waals surface area contributed by atoms with Crippen LogP contribution in [0.25, 0.3) is 0 Å². The van der Waals surface area contributed by atoms with E-state index >= 15 is 0 Å². The Morgan fingerprint density at radius 2 is 2.32 bits per heavy atom. The molecule has 7 heteroatoms. The zero-order valence-electron chi connectivity index (χ0n) is 10.7. The molecule has 19 heavy (non-hydrogen) atoms. The van der Waals surface area contributed by atoms with Crippen molar-refractivity contribution in [3.63, 3.8) is 0 Å². The molecule has 0 unspecified atom stereocenters. The van der Waals surface area contributed by atoms with E-state index in [-0.39, 0.29) is 30.4 Å². The minimum Gasteiger partial charge on any atom is -0.393 e. The number of nitrogens with zero attached hydrogens (tertiary/aromatic N) is 2. The SMILES string of the molecule is O=C(NCCc1noc(CO)n1)[C@@H]1CCC[C@@H](O)C1. The van der Waals surface area contributed by atoms with E-state index in [1.54, 1.807) is 0 Å². The largest absolute Gasteiger partial charge is 0.393 e. The molecule has 1 amide bonds. The van der Waals surface area contributed by atoms with Gasteiger partial charge in [0.25, 0.3) is 5.89 Å². The molecule has 2 rings (SSSR count). The van der Waals surface area contributed by atoms with Gasteiger partial charge in [0.2, 0.25) is 5.91 Å². The summed E-state index contributed by atoms with van der Waals surface area (Å²) in [7, 11) is 0. The number of hydrogen-bond donors (Lipinski definition) is 3. The summed E-state index contributed by atoms with van der Waals surface area (Å²) in [6.45, 7) is 0.148. The standard InChI is InChI=1S/C12H19N3O4/c16-7-11-14-10(15-19-11)4-5-13-12(18)8-2-1-3-9(17)6-8/h8-9,16-17H,1-7H2,(H,13,18)/t8-,9-/m1/s1. The monoisotopic (exact) mass is 269 g/mol. The van der Waals surface area contributed by atoms with Gasteiger partial charge >= 0.3 is 0 Å². The van der Waals surface area contributed by atoms with Crippen molar-refractivity contribution in [2.45, 2.75) is 44.8 Å². The lowest BCUT2D eigenvalue weighted by Crippen LogP contribution is -2.36. The fraction of sp³-hybridized carbons (Fsp3) is 0.750. The lowest BCUT2D eigenvalue weighted by Gasteiger charge is -2.24. The number of hydrogen-bond acceptors (Lipinski definition) is 6. The van der Waals surface area contributed by atoms with E-state index in [0.717, 1.165) is 19.3 Å². The van der Waals surface area contributed by atoms with Gasteiger partial charge in [-0.2, -0.15) is 4.98 Å². The molecular weight excluding hydrogens is 250 g/mol. The van der Waals surface area contributed by atoms with Crippen molar-refractivity contribution in [1.82, 2.24) is 15.5 Å². The fourth-order valence-corrected chi connectivity index (χ4v) is 2.30. The molecule has 0 radical (unpaired) electrons. The average molecular weight is 269 g/mol. The van der Waals surface area contributed by atoms with Crippen molar-refractivity contribution in [2.75, 3.05) is 6.54 Å². The third-order valence-corrected chi connectivity index (χ3v) is 3.31. The van der Waals surface area contributed by atoms with Crippen LogP contribution in [-0.4, -0.2) is 38.9 Å². The van der Waals surface area contributed by atoms with E-state index in [0.29, 0.717) is 25.2 Å². The van der Waals surface area contributed by atoms with Crippen LogP contribution >= 0.6 is 0 Å². The van der Waals surface area contributed by atoms with Crippen molar-refractivity contribution in [1.29, 1.82) is 0 Å². The van der Waals surface area contributed by atoms with Crippen molar-refractivity contribution in [2.24, 2.45) is 5.92 Å². The summed E-state index contributed by atoms with van der Waals surface area (Å²) in [6.07, 6.45) is 3.17. The van der Waals surface area contributed by atoms with E-state index in [9.17, 15) is 9.90 Å². The van der Waals surface area contributed by atoms with Gasteiger partial charge in [0, 0.05) is 18.9 Å². The van der Waals surface area contributed by atoms with Gasteiger partial charge in [-0.15, -0.1) is 0 Å². The van der Waals surface area contributed by atoms with E-state index in [4.69, 9.17) is 9.63 Å². The van der Waals surface area contributed by atoms with E-state index < -0.39 is 0 Å². The highest BCUT2D eigenvalue weighted by Crippen LogP contribution is 2.24. The van der Waals surface area contributed by atoms with Crippen LogP contribution in [-0.2, 0) is 17.8 Å². The lowest BCUT2D eigenvalue weighted by atomic mass is 9.87. The van der Waals surface area contributed by atoms with Gasteiger partial charge in [0.15, 0.2) is 5.82 Å². The topological polar surface area (TPSA) is 108 Å². The van der Waals surface area contributed by atoms with Crippen LogP contribution in [0, 0.1) is 5.92 Å². The predicted octanol–water partition coefficient (Wildman–Crippen LogP) is -0.228. The summed E-state index contributed by atoms with van der Waals surface area (Å²) in [6, 6.07) is 0. The molecule has 0 aliphatic heterocycles. The van der Waals surface area contributed by atoms with Crippen LogP contribution < -0.4 is 5.32 Å². The number of carbonyl (C=O) groups is 1. The minimum atomic E-state index is -0.353. The predicted molar refractivity (Wildman–Crippen MR) is 64.9 cm³/mol. The Morgan fingerprint density at radius 3 is 3.00 bits per heavy atom. The second-order valence-electron chi connectivity index (χ2n) is 4.82. The maximum Gasteiger partial charge on any atom is 0.252 e. The number of amides is 1. The van der Waals surface area contributed by atoms with E-state index in [1.807, 2.05) is 0 Å². The molecule has 0 spiro atoms. The molecule has 1 heterocycles. The van der Waals surface area contributed by atoms with Gasteiger partial charge in [0.05, 0.1) is 6.10 Å². The van der Waals surface area contributed by atoms with Crippen LogP contribution in [0.4, 0.5) is 0 Å². The second kappa shape index (κ2) is 6.63. The molecule has 1 aromatic rings. The van der Waals surface area contributed by atoms with Crippen LogP contribution in [0.15, 0.2) is 4.52 Å². The number of aliphatic hydroxyl groups is 2. The third kappa shape index (κ3) is 4.00. The molecule has 0 aromatic carbocycles. The van der Waals surface area contributed by atoms with Crippen molar-refractivity contribution in [3.05, 3.63) is 11.7 Å². The maximum atomic E-state index is 11.9. The zero-order valence-corrected chi connectivity index (χ0v) is 10.7. The number of carbonyl (C=O) groups excluding carboxylic acids is 1. The number of nitrogens with one attached hydrogen (secondary N) is 1. The quantitative estimate of drug-likeness (QED) is 0.681. The highest BCUT2D eigenvalue weighted by Gasteiger charge is 2.25. The Morgan fingerprint density at radius 1 is 1.47 bits per heavy atom. The maximum absolute atomic E-state index is 11.9. The Hall–Kier alpha value is -1.47. The molecule has 1 saturated carbocycles. The molecule has 1 aliphatic rings. The Kier molecular flexibility index (Phi) is 4.86. The zero-order chi connectivity index (χ0) is 13.7. The molecule has 0 bridgehead atoms. The van der Waals surface area contributed by atoms with Crippen LogP contribution in [0.2, 0.25) is 0 Å². The van der Waals surface area contributed by atoms with Gasteiger partial charge < -0.3 is 20.1 Å². The fourth-order valence-electron chi connectivity index (χ4n) is 2.30. The van der Waals surface area contributed by atoms with Crippen LogP contribution in [0.3, 0.4) is 0 Å². The summed E-state index contributed by atoms with van der Waals surface area (Å²) in [5.74, 6) is 0.524. The molecular formula is C12H19N3O4. The van der Waals surface area contributed by atoms with Gasteiger partial charge in [-0.1, -0.05) is 11.6 Å². The summed E-state index contributed by atoms with van der Waals surface area (Å²) < 4.78 is 4.74. The minimum absolute atomic E-state index is 0.0235. The number of rotatable bonds is 5. The summed E-state index contributed by atoms with van der Waals surface area (Å²) in [5.41, 5.74) is 0. The molecule has 1 aromatic heterocycles. The van der Waals surface area contributed by atoms with Crippen molar-refractivity contribution in [3.8, 4) is 0 Å². The van der Waals surface area contributed by atoms with Gasteiger partial charge in [-0.25, -0.2) is 0 Å². The van der Waals surface area contributed by atoms with Gasteiger partial charge in [-0.3, -0.25) is 4.79 Å². The summed E-state index contributed by atoms with van der Waals surface area (Å²) in [4.78, 5) is 15.8. The summed E-state index contributed by atoms with van der Waals surface area (Å²) >= 11 is 0. The first-order valence-corrected chi connectivity index (χ1v) is 6.57. The normalized spacial score (nSPS) is 23.3. The van der Waals surface area contributed by atoms with Crippen LogP contribution in [0.5, 0.6) is 0 Å². The first-order chi connectivity index (χ1) is 9.19. The Labute approximate surface area is 111 Å². The number of aromatic nitrogens is 2. The molecule has 3 N–H and O–H groups in total. The van der Waals surface area contributed by atoms with Crippen LogP contribution in [0.1, 0.15) is 37.4 Å². The average Bonchev–Trinajstić information content (AvgIpc) is 2.86. The Bertz CT molecular complexity index is 421. The molecule has 106 valence electrons. The Balaban J connectivity index is 1.71. The highest BCUT2D eigenvalue weighted by molar-refractivity contribution is 5.78. The molecule has 1 aliphatic carbocycles. The highest BCUT2D eigenvalue weighted by atomic mass is 16.5. The lowest BCUT2D eigenvalue weighted by molar-refractivity contribution is -0.127. The number of aliphatic hydroxyl groups excluding tert-OH is 2. The molecule has 0 saturated heterocycles. The molecule has 2 atom stereocenters. The van der Waals surface area contributed by atoms with Crippen molar-refractivity contribution < 1.29 is 19.5 Å². The van der Waals surface area contributed by atoms with E-state index in [2.05, 4.69) is 15.5 Å². The van der Waals surface area contributed by atoms with Crippen molar-refractivity contribution >= 4 is 5.91 Å². The second-order valence-corrected chi connectivity index (χ2v) is 4.82. The summed E-state index contributed by atoms with van der Waals surface area (Å²) in [5, 5.41) is 24.8. The van der Waals surface area contributed by atoms with E-state index in [1.165, 1.54) is 0 Å². The van der Waals surface area contributed by atoms with Gasteiger partial charge in [0.1, 0.15) is 6.61 Å². The smallest absolute Gasteiger partial charge is 0.252 e. The first-order valence-electron chi connectivity index (χ1n) is 6.57. The molecule has 7 nitrogen and oxygen atoms in total. The molecule has 1 fully saturated rings.